The Labute approximate surface area is 157 Å². The quantitative estimate of drug-likeness (QED) is 0.775. The Morgan fingerprint density at radius 2 is 2.08 bits per heavy atom. The highest BCUT2D eigenvalue weighted by Crippen LogP contribution is 2.36. The molecule has 5 heteroatoms. The highest BCUT2D eigenvalue weighted by Gasteiger charge is 2.20. The number of halogens is 1. The molecular formula is C21H22ClNO3. The molecule has 1 heterocycles. The molecule has 1 aliphatic rings. The monoisotopic (exact) mass is 371 g/mol. The van der Waals surface area contributed by atoms with Crippen molar-refractivity contribution in [3.8, 4) is 0 Å². The lowest BCUT2D eigenvalue weighted by Gasteiger charge is -2.12. The average Bonchev–Trinajstić information content (AvgIpc) is 3.07. The van der Waals surface area contributed by atoms with Gasteiger partial charge in [-0.05, 0) is 68.4 Å². The van der Waals surface area contributed by atoms with E-state index in [-0.39, 0.29) is 11.5 Å². The van der Waals surface area contributed by atoms with E-state index >= 15 is 0 Å². The molecule has 0 bridgehead atoms. The molecule has 0 radical (unpaired) electrons. The van der Waals surface area contributed by atoms with Crippen molar-refractivity contribution in [3.05, 3.63) is 73.7 Å². The van der Waals surface area contributed by atoms with E-state index in [1.54, 1.807) is 13.0 Å². The van der Waals surface area contributed by atoms with Crippen LogP contribution in [0.4, 0.5) is 0 Å². The van der Waals surface area contributed by atoms with Gasteiger partial charge in [-0.3, -0.25) is 4.79 Å². The third-order valence-corrected chi connectivity index (χ3v) is 4.98. The Bertz CT molecular complexity index is 927. The average molecular weight is 372 g/mol. The lowest BCUT2D eigenvalue weighted by atomic mass is 9.95. The summed E-state index contributed by atoms with van der Waals surface area (Å²) >= 11 is 6.02. The summed E-state index contributed by atoms with van der Waals surface area (Å²) in [6.07, 6.45) is 5.02. The normalized spacial score (nSPS) is 14.0. The van der Waals surface area contributed by atoms with Crippen molar-refractivity contribution >= 4 is 23.1 Å². The van der Waals surface area contributed by atoms with Gasteiger partial charge < -0.3 is 9.72 Å². The van der Waals surface area contributed by atoms with Crippen LogP contribution >= 0.6 is 11.6 Å². The Kier molecular flexibility index (Phi) is 5.62. The molecule has 0 unspecified atom stereocenters. The number of ether oxygens (including phenoxy) is 1. The molecule has 1 aliphatic carbocycles. The maximum atomic E-state index is 12.2. The molecule has 0 spiro atoms. The van der Waals surface area contributed by atoms with Gasteiger partial charge in [0, 0.05) is 11.8 Å². The van der Waals surface area contributed by atoms with Crippen LogP contribution < -0.4 is 5.56 Å². The van der Waals surface area contributed by atoms with Crippen molar-refractivity contribution in [2.75, 3.05) is 6.61 Å². The van der Waals surface area contributed by atoms with Gasteiger partial charge in [0.15, 0.2) is 0 Å². The minimum Gasteiger partial charge on any atom is -0.462 e. The number of aryl methyl sites for hydroxylation is 1. The van der Waals surface area contributed by atoms with Crippen molar-refractivity contribution < 1.29 is 9.53 Å². The number of aromatic amines is 1. The van der Waals surface area contributed by atoms with E-state index in [0.29, 0.717) is 29.2 Å². The first-order chi connectivity index (χ1) is 12.5. The van der Waals surface area contributed by atoms with Crippen molar-refractivity contribution in [3.63, 3.8) is 0 Å². The third kappa shape index (κ3) is 3.91. The van der Waals surface area contributed by atoms with Gasteiger partial charge in [0.1, 0.15) is 0 Å². The van der Waals surface area contributed by atoms with E-state index in [1.807, 2.05) is 25.1 Å². The van der Waals surface area contributed by atoms with Crippen LogP contribution in [0.15, 0.2) is 40.8 Å². The van der Waals surface area contributed by atoms with Crippen LogP contribution in [0.3, 0.4) is 0 Å². The minimum absolute atomic E-state index is 0.107. The maximum absolute atomic E-state index is 12.2. The molecular weight excluding hydrogens is 350 g/mol. The summed E-state index contributed by atoms with van der Waals surface area (Å²) in [5.41, 5.74) is 5.55. The molecule has 1 aromatic heterocycles. The second-order valence-electron chi connectivity index (χ2n) is 6.53. The van der Waals surface area contributed by atoms with Gasteiger partial charge >= 0.3 is 5.97 Å². The second kappa shape index (κ2) is 7.92. The molecule has 2 aromatic rings. The van der Waals surface area contributed by atoms with Crippen LogP contribution in [0.5, 0.6) is 0 Å². The van der Waals surface area contributed by atoms with Crippen LogP contribution in [0, 0.1) is 6.92 Å². The smallest absolute Gasteiger partial charge is 0.338 e. The SMILES string of the molecule is CCOC(=O)c1cc(C2=C(Cc3cc(Cl)c[nH]c3=O)CCC2)ccc1C. The molecule has 0 amide bonds. The van der Waals surface area contributed by atoms with Gasteiger partial charge in [0.25, 0.3) is 5.56 Å². The standard InChI is InChI=1S/C21H22ClNO3/c1-3-26-21(25)19-11-15(8-7-13(19)2)18-6-4-5-14(18)9-16-10-17(22)12-23-20(16)24/h7-8,10-12H,3-6,9H2,1-2H3,(H,23,24). The van der Waals surface area contributed by atoms with Gasteiger partial charge in [0.2, 0.25) is 0 Å². The fourth-order valence-corrected chi connectivity index (χ4v) is 3.64. The Hall–Kier alpha value is -2.33. The zero-order valence-electron chi connectivity index (χ0n) is 15.0. The van der Waals surface area contributed by atoms with Crippen molar-refractivity contribution in [1.82, 2.24) is 4.98 Å². The molecule has 136 valence electrons. The van der Waals surface area contributed by atoms with Gasteiger partial charge in [-0.1, -0.05) is 29.3 Å². The second-order valence-corrected chi connectivity index (χ2v) is 6.97. The van der Waals surface area contributed by atoms with Crippen molar-refractivity contribution in [1.29, 1.82) is 0 Å². The van der Waals surface area contributed by atoms with Crippen LogP contribution in [0.1, 0.15) is 53.2 Å². The number of carbonyl (C=O) groups excluding carboxylic acids is 1. The van der Waals surface area contributed by atoms with E-state index in [0.717, 1.165) is 30.4 Å². The summed E-state index contributed by atoms with van der Waals surface area (Å²) in [7, 11) is 0. The van der Waals surface area contributed by atoms with E-state index in [2.05, 4.69) is 4.98 Å². The molecule has 4 nitrogen and oxygen atoms in total. The number of allylic oxidation sites excluding steroid dienone is 2. The molecule has 0 fully saturated rings. The van der Waals surface area contributed by atoms with Gasteiger partial charge in [-0.25, -0.2) is 4.79 Å². The van der Waals surface area contributed by atoms with E-state index in [9.17, 15) is 9.59 Å². The fraction of sp³-hybridized carbons (Fsp3) is 0.333. The van der Waals surface area contributed by atoms with Crippen molar-refractivity contribution in [2.45, 2.75) is 39.5 Å². The summed E-state index contributed by atoms with van der Waals surface area (Å²) in [6, 6.07) is 7.64. The molecule has 0 saturated heterocycles. The summed E-state index contributed by atoms with van der Waals surface area (Å²) in [5.74, 6) is -0.293. The fourth-order valence-electron chi connectivity index (χ4n) is 3.45. The zero-order valence-corrected chi connectivity index (χ0v) is 15.8. The summed E-state index contributed by atoms with van der Waals surface area (Å²) in [6.45, 7) is 4.07. The molecule has 1 N–H and O–H groups in total. The zero-order chi connectivity index (χ0) is 18.7. The van der Waals surface area contributed by atoms with Crippen LogP contribution in [0.25, 0.3) is 5.57 Å². The predicted molar refractivity (Wildman–Crippen MR) is 104 cm³/mol. The van der Waals surface area contributed by atoms with Crippen LogP contribution in [-0.4, -0.2) is 17.6 Å². The number of aromatic nitrogens is 1. The topological polar surface area (TPSA) is 59.2 Å². The first kappa shape index (κ1) is 18.5. The highest BCUT2D eigenvalue weighted by molar-refractivity contribution is 6.30. The maximum Gasteiger partial charge on any atom is 0.338 e. The van der Waals surface area contributed by atoms with Gasteiger partial charge in [-0.2, -0.15) is 0 Å². The number of H-pyrrole nitrogens is 1. The number of nitrogens with one attached hydrogen (secondary N) is 1. The Morgan fingerprint density at radius 3 is 2.85 bits per heavy atom. The van der Waals surface area contributed by atoms with Crippen LogP contribution in [-0.2, 0) is 11.2 Å². The van der Waals surface area contributed by atoms with Gasteiger partial charge in [0.05, 0.1) is 17.2 Å². The molecule has 3 rings (SSSR count). The number of benzene rings is 1. The Balaban J connectivity index is 1.97. The van der Waals surface area contributed by atoms with E-state index < -0.39 is 0 Å². The summed E-state index contributed by atoms with van der Waals surface area (Å²) in [4.78, 5) is 26.9. The lowest BCUT2D eigenvalue weighted by Crippen LogP contribution is -2.12. The summed E-state index contributed by atoms with van der Waals surface area (Å²) < 4.78 is 5.16. The summed E-state index contributed by atoms with van der Waals surface area (Å²) in [5, 5.41) is 0.527. The van der Waals surface area contributed by atoms with E-state index in [1.165, 1.54) is 17.3 Å². The molecule has 1 aromatic carbocycles. The number of pyridine rings is 1. The van der Waals surface area contributed by atoms with Crippen LogP contribution in [0.2, 0.25) is 5.02 Å². The number of hydrogen-bond donors (Lipinski definition) is 1. The number of esters is 1. The lowest BCUT2D eigenvalue weighted by molar-refractivity contribution is 0.0525. The Morgan fingerprint density at radius 1 is 1.27 bits per heavy atom. The molecule has 0 aliphatic heterocycles. The first-order valence-electron chi connectivity index (χ1n) is 8.85. The molecule has 0 saturated carbocycles. The number of hydrogen-bond acceptors (Lipinski definition) is 3. The first-order valence-corrected chi connectivity index (χ1v) is 9.23. The van der Waals surface area contributed by atoms with E-state index in [4.69, 9.17) is 16.3 Å². The largest absolute Gasteiger partial charge is 0.462 e. The van der Waals surface area contributed by atoms with Gasteiger partial charge in [-0.15, -0.1) is 0 Å². The number of rotatable bonds is 5. The molecule has 26 heavy (non-hydrogen) atoms. The predicted octanol–water partition coefficient (Wildman–Crippen LogP) is 4.69. The van der Waals surface area contributed by atoms with Crippen molar-refractivity contribution in [2.24, 2.45) is 0 Å². The highest BCUT2D eigenvalue weighted by atomic mass is 35.5. The number of carbonyl (C=O) groups is 1. The minimum atomic E-state index is -0.293. The molecule has 0 atom stereocenters. The third-order valence-electron chi connectivity index (χ3n) is 4.76.